The van der Waals surface area contributed by atoms with Crippen LogP contribution in [0.25, 0.3) is 0 Å². The van der Waals surface area contributed by atoms with Crippen molar-refractivity contribution in [1.29, 1.82) is 0 Å². The topological polar surface area (TPSA) is 33.1 Å². The van der Waals surface area contributed by atoms with Crippen molar-refractivity contribution in [3.8, 4) is 0 Å². The van der Waals surface area contributed by atoms with E-state index >= 15 is 0 Å². The van der Waals surface area contributed by atoms with Gasteiger partial charge < -0.3 is 10.2 Å². The summed E-state index contributed by atoms with van der Waals surface area (Å²) < 4.78 is 2.05. The van der Waals surface area contributed by atoms with E-state index in [4.69, 9.17) is 11.6 Å². The Balaban J connectivity index is 2.77. The molecule has 0 aliphatic rings. The first-order chi connectivity index (χ1) is 8.97. The zero-order valence-electron chi connectivity index (χ0n) is 12.8. The van der Waals surface area contributed by atoms with Gasteiger partial charge in [0.2, 0.25) is 0 Å². The summed E-state index contributed by atoms with van der Waals surface area (Å²) >= 11 is 6.32. The van der Waals surface area contributed by atoms with Gasteiger partial charge in [-0.15, -0.1) is 0 Å². The Morgan fingerprint density at radius 2 is 2.11 bits per heavy atom. The van der Waals surface area contributed by atoms with E-state index < -0.39 is 0 Å². The highest BCUT2D eigenvalue weighted by molar-refractivity contribution is 6.31. The first-order valence-electron chi connectivity index (χ1n) is 7.04. The number of rotatable bonds is 8. The van der Waals surface area contributed by atoms with Crippen molar-refractivity contribution < 1.29 is 0 Å². The fourth-order valence-electron chi connectivity index (χ4n) is 2.12. The van der Waals surface area contributed by atoms with Gasteiger partial charge in [0.1, 0.15) is 0 Å². The van der Waals surface area contributed by atoms with E-state index in [2.05, 4.69) is 54.9 Å². The predicted molar refractivity (Wildman–Crippen MR) is 81.9 cm³/mol. The summed E-state index contributed by atoms with van der Waals surface area (Å²) in [4.78, 5) is 2.16. The van der Waals surface area contributed by atoms with E-state index in [0.29, 0.717) is 11.8 Å². The van der Waals surface area contributed by atoms with Crippen LogP contribution in [0.2, 0.25) is 5.02 Å². The van der Waals surface area contributed by atoms with Gasteiger partial charge in [0.05, 0.1) is 23.5 Å². The molecule has 0 radical (unpaired) electrons. The van der Waals surface area contributed by atoms with Gasteiger partial charge in [0.15, 0.2) is 0 Å². The molecule has 19 heavy (non-hydrogen) atoms. The van der Waals surface area contributed by atoms with Crippen molar-refractivity contribution in [2.45, 2.75) is 33.2 Å². The summed E-state index contributed by atoms with van der Waals surface area (Å²) in [5, 5.41) is 8.59. The molecule has 4 nitrogen and oxygen atoms in total. The van der Waals surface area contributed by atoms with Crippen molar-refractivity contribution in [3.05, 3.63) is 16.9 Å². The van der Waals surface area contributed by atoms with Gasteiger partial charge in [-0.25, -0.2) is 0 Å². The van der Waals surface area contributed by atoms with Gasteiger partial charge in [0.25, 0.3) is 0 Å². The Morgan fingerprint density at radius 3 is 2.68 bits per heavy atom. The molecular weight excluding hydrogens is 260 g/mol. The summed E-state index contributed by atoms with van der Waals surface area (Å²) in [5.74, 6) is 0.934. The molecule has 5 heteroatoms. The number of likely N-dealkylation sites (N-methyl/N-ethyl adjacent to an activating group) is 1. The highest BCUT2D eigenvalue weighted by atomic mass is 35.5. The quantitative estimate of drug-likeness (QED) is 0.797. The summed E-state index contributed by atoms with van der Waals surface area (Å²) in [6.45, 7) is 10.5. The summed E-state index contributed by atoms with van der Waals surface area (Å²) in [7, 11) is 4.14. The van der Waals surface area contributed by atoms with Gasteiger partial charge in [-0.3, -0.25) is 4.68 Å². The van der Waals surface area contributed by atoms with E-state index in [1.807, 2.05) is 0 Å². The lowest BCUT2D eigenvalue weighted by molar-refractivity contribution is 0.358. The average molecular weight is 287 g/mol. The molecule has 1 aromatic heterocycles. The van der Waals surface area contributed by atoms with Crippen molar-refractivity contribution >= 4 is 11.6 Å². The number of hydrogen-bond acceptors (Lipinski definition) is 3. The summed E-state index contributed by atoms with van der Waals surface area (Å²) in [5.41, 5.74) is 1.16. The van der Waals surface area contributed by atoms with Crippen molar-refractivity contribution in [2.75, 3.05) is 33.7 Å². The van der Waals surface area contributed by atoms with Gasteiger partial charge >= 0.3 is 0 Å². The minimum Gasteiger partial charge on any atom is -0.317 e. The normalized spacial score (nSPS) is 14.9. The first kappa shape index (κ1) is 16.5. The predicted octanol–water partition coefficient (Wildman–Crippen LogP) is 2.45. The molecule has 1 rings (SSSR count). The Labute approximate surface area is 122 Å². The molecule has 0 aliphatic carbocycles. The minimum atomic E-state index is 0.399. The number of halogens is 1. The zero-order chi connectivity index (χ0) is 14.4. The zero-order valence-corrected chi connectivity index (χ0v) is 13.5. The number of aromatic nitrogens is 2. The smallest absolute Gasteiger partial charge is 0.0820 e. The molecule has 1 heterocycles. The maximum atomic E-state index is 6.32. The van der Waals surface area contributed by atoms with Crippen LogP contribution in [0.15, 0.2) is 6.20 Å². The van der Waals surface area contributed by atoms with Crippen LogP contribution in [0.1, 0.15) is 32.4 Å². The van der Waals surface area contributed by atoms with Crippen LogP contribution in [0.4, 0.5) is 0 Å². The molecule has 2 unspecified atom stereocenters. The molecular formula is C14H27ClN4. The summed E-state index contributed by atoms with van der Waals surface area (Å²) in [6.07, 6.45) is 1.77. The van der Waals surface area contributed by atoms with Crippen molar-refractivity contribution in [3.63, 3.8) is 0 Å². The van der Waals surface area contributed by atoms with Crippen LogP contribution in [0.3, 0.4) is 0 Å². The Hall–Kier alpha value is -0.580. The molecule has 1 aromatic rings. The Kier molecular flexibility index (Phi) is 6.83. The van der Waals surface area contributed by atoms with Crippen LogP contribution in [-0.2, 0) is 6.54 Å². The Morgan fingerprint density at radius 1 is 1.42 bits per heavy atom. The second kappa shape index (κ2) is 7.88. The van der Waals surface area contributed by atoms with Crippen LogP contribution < -0.4 is 5.32 Å². The molecule has 0 spiro atoms. The summed E-state index contributed by atoms with van der Waals surface area (Å²) in [6, 6.07) is 0. The lowest BCUT2D eigenvalue weighted by atomic mass is 9.92. The third-order valence-electron chi connectivity index (χ3n) is 3.59. The lowest BCUT2D eigenvalue weighted by Gasteiger charge is -2.22. The van der Waals surface area contributed by atoms with Crippen molar-refractivity contribution in [2.24, 2.45) is 5.92 Å². The molecule has 0 saturated carbocycles. The third kappa shape index (κ3) is 4.79. The van der Waals surface area contributed by atoms with Gasteiger partial charge in [-0.1, -0.05) is 32.4 Å². The highest BCUT2D eigenvalue weighted by Crippen LogP contribution is 2.29. The highest BCUT2D eigenvalue weighted by Gasteiger charge is 2.21. The standard InChI is InChI=1S/C14H27ClN4/c1-6-16-9-11(2)12(3)14-13(15)10-17-19(14)8-7-18(4)5/h10-12,16H,6-9H2,1-5H3. The van der Waals surface area contributed by atoms with Crippen LogP contribution >= 0.6 is 11.6 Å². The molecule has 0 saturated heterocycles. The van der Waals surface area contributed by atoms with E-state index in [-0.39, 0.29) is 0 Å². The minimum absolute atomic E-state index is 0.399. The number of nitrogens with one attached hydrogen (secondary N) is 1. The van der Waals surface area contributed by atoms with E-state index in [9.17, 15) is 0 Å². The van der Waals surface area contributed by atoms with Gasteiger partial charge in [-0.2, -0.15) is 5.10 Å². The van der Waals surface area contributed by atoms with E-state index in [0.717, 1.165) is 36.9 Å². The maximum Gasteiger partial charge on any atom is 0.0820 e. The maximum absolute atomic E-state index is 6.32. The Bertz CT molecular complexity index is 376. The average Bonchev–Trinajstić information content (AvgIpc) is 2.73. The van der Waals surface area contributed by atoms with E-state index in [1.54, 1.807) is 6.20 Å². The van der Waals surface area contributed by atoms with Gasteiger partial charge in [-0.05, 0) is 33.1 Å². The number of nitrogens with zero attached hydrogens (tertiary/aromatic N) is 3. The van der Waals surface area contributed by atoms with E-state index in [1.165, 1.54) is 0 Å². The molecule has 2 atom stereocenters. The van der Waals surface area contributed by atoms with Crippen molar-refractivity contribution in [1.82, 2.24) is 20.0 Å². The fraction of sp³-hybridized carbons (Fsp3) is 0.786. The molecule has 1 N–H and O–H groups in total. The second-order valence-electron chi connectivity index (χ2n) is 5.48. The van der Waals surface area contributed by atoms with Crippen LogP contribution in [0.5, 0.6) is 0 Å². The SMILES string of the molecule is CCNCC(C)C(C)c1c(Cl)cnn1CCN(C)C. The lowest BCUT2D eigenvalue weighted by Crippen LogP contribution is -2.26. The van der Waals surface area contributed by atoms with Crippen LogP contribution in [-0.4, -0.2) is 48.4 Å². The van der Waals surface area contributed by atoms with Crippen LogP contribution in [0, 0.1) is 5.92 Å². The first-order valence-corrected chi connectivity index (χ1v) is 7.41. The van der Waals surface area contributed by atoms with Gasteiger partial charge in [0, 0.05) is 12.5 Å². The second-order valence-corrected chi connectivity index (χ2v) is 5.89. The number of hydrogen-bond donors (Lipinski definition) is 1. The largest absolute Gasteiger partial charge is 0.317 e. The molecule has 110 valence electrons. The molecule has 0 amide bonds. The fourth-order valence-corrected chi connectivity index (χ4v) is 2.43. The third-order valence-corrected chi connectivity index (χ3v) is 3.88. The molecule has 0 bridgehead atoms. The molecule has 0 aromatic carbocycles. The molecule has 0 fully saturated rings. The molecule has 0 aliphatic heterocycles. The monoisotopic (exact) mass is 286 g/mol.